The Hall–Kier alpha value is -1.06. The second kappa shape index (κ2) is 6.43. The summed E-state index contributed by atoms with van der Waals surface area (Å²) in [5.74, 6) is 0.286. The molecule has 1 aromatic rings. The van der Waals surface area contributed by atoms with Crippen molar-refractivity contribution in [2.24, 2.45) is 5.73 Å². The number of benzene rings is 1. The predicted molar refractivity (Wildman–Crippen MR) is 60.9 cm³/mol. The van der Waals surface area contributed by atoms with Crippen molar-refractivity contribution < 1.29 is 9.84 Å². The average Bonchev–Trinajstić information content (AvgIpc) is 2.18. The maximum atomic E-state index is 9.27. The average molecular weight is 209 g/mol. The van der Waals surface area contributed by atoms with E-state index in [4.69, 9.17) is 10.5 Å². The van der Waals surface area contributed by atoms with Crippen LogP contribution >= 0.6 is 0 Å². The summed E-state index contributed by atoms with van der Waals surface area (Å²) >= 11 is 0. The standard InChI is InChI=1S/C12H19NO2/c1-2-6-15-9-11(13)7-10-4-3-5-12(14)8-10/h3-5,8,11,14H,2,6-7,9,13H2,1H3. The first-order valence-electron chi connectivity index (χ1n) is 5.33. The van der Waals surface area contributed by atoms with Crippen LogP contribution in [0.15, 0.2) is 24.3 Å². The SMILES string of the molecule is CCCOCC(N)Cc1cccc(O)c1. The highest BCUT2D eigenvalue weighted by molar-refractivity contribution is 5.27. The fraction of sp³-hybridized carbons (Fsp3) is 0.500. The first-order chi connectivity index (χ1) is 7.22. The van der Waals surface area contributed by atoms with Crippen molar-refractivity contribution >= 4 is 0 Å². The molecule has 3 heteroatoms. The molecule has 0 fully saturated rings. The molecule has 3 nitrogen and oxygen atoms in total. The summed E-state index contributed by atoms with van der Waals surface area (Å²) in [7, 11) is 0. The topological polar surface area (TPSA) is 55.5 Å². The van der Waals surface area contributed by atoms with Gasteiger partial charge in [0.2, 0.25) is 0 Å². The van der Waals surface area contributed by atoms with Crippen molar-refractivity contribution in [3.05, 3.63) is 29.8 Å². The summed E-state index contributed by atoms with van der Waals surface area (Å²) in [6.45, 7) is 3.40. The lowest BCUT2D eigenvalue weighted by atomic mass is 10.1. The van der Waals surface area contributed by atoms with Crippen molar-refractivity contribution in [2.45, 2.75) is 25.8 Å². The molecule has 0 spiro atoms. The summed E-state index contributed by atoms with van der Waals surface area (Å²) < 4.78 is 5.36. The molecule has 1 aromatic carbocycles. The van der Waals surface area contributed by atoms with Gasteiger partial charge in [0.1, 0.15) is 5.75 Å². The van der Waals surface area contributed by atoms with E-state index in [-0.39, 0.29) is 11.8 Å². The monoisotopic (exact) mass is 209 g/mol. The van der Waals surface area contributed by atoms with Gasteiger partial charge in [-0.3, -0.25) is 0 Å². The van der Waals surface area contributed by atoms with Crippen LogP contribution in [0.3, 0.4) is 0 Å². The second-order valence-electron chi connectivity index (χ2n) is 3.71. The Kier molecular flexibility index (Phi) is 5.15. The molecule has 0 heterocycles. The number of phenolic OH excluding ortho intramolecular Hbond substituents is 1. The highest BCUT2D eigenvalue weighted by Gasteiger charge is 2.04. The molecule has 0 saturated carbocycles. The molecule has 0 aliphatic rings. The van der Waals surface area contributed by atoms with Gasteiger partial charge in [0.05, 0.1) is 6.61 Å². The van der Waals surface area contributed by atoms with Gasteiger partial charge in [-0.05, 0) is 30.5 Å². The van der Waals surface area contributed by atoms with Gasteiger partial charge in [-0.25, -0.2) is 0 Å². The summed E-state index contributed by atoms with van der Waals surface area (Å²) in [6.07, 6.45) is 1.75. The molecule has 1 atom stereocenters. The lowest BCUT2D eigenvalue weighted by Gasteiger charge is -2.11. The zero-order valence-corrected chi connectivity index (χ0v) is 9.15. The van der Waals surface area contributed by atoms with E-state index in [1.165, 1.54) is 0 Å². The number of nitrogens with two attached hydrogens (primary N) is 1. The van der Waals surface area contributed by atoms with Gasteiger partial charge < -0.3 is 15.6 Å². The highest BCUT2D eigenvalue weighted by atomic mass is 16.5. The van der Waals surface area contributed by atoms with Crippen LogP contribution < -0.4 is 5.73 Å². The van der Waals surface area contributed by atoms with E-state index in [9.17, 15) is 5.11 Å². The smallest absolute Gasteiger partial charge is 0.115 e. The molecule has 1 unspecified atom stereocenters. The summed E-state index contributed by atoms with van der Waals surface area (Å²) in [6, 6.07) is 7.17. The van der Waals surface area contributed by atoms with Crippen LogP contribution in [0.1, 0.15) is 18.9 Å². The molecule has 0 aliphatic carbocycles. The molecule has 15 heavy (non-hydrogen) atoms. The van der Waals surface area contributed by atoms with Crippen molar-refractivity contribution in [3.8, 4) is 5.75 Å². The third kappa shape index (κ3) is 4.81. The minimum atomic E-state index is -0.00153. The molecule has 0 amide bonds. The van der Waals surface area contributed by atoms with Crippen LogP contribution in [0, 0.1) is 0 Å². The van der Waals surface area contributed by atoms with Gasteiger partial charge in [-0.1, -0.05) is 19.1 Å². The number of aromatic hydroxyl groups is 1. The Morgan fingerprint density at radius 2 is 2.27 bits per heavy atom. The number of rotatable bonds is 6. The zero-order chi connectivity index (χ0) is 11.1. The number of hydrogen-bond donors (Lipinski definition) is 2. The van der Waals surface area contributed by atoms with E-state index in [1.807, 2.05) is 12.1 Å². The minimum Gasteiger partial charge on any atom is -0.508 e. The van der Waals surface area contributed by atoms with E-state index in [1.54, 1.807) is 12.1 Å². The third-order valence-corrected chi connectivity index (χ3v) is 2.09. The molecule has 0 aliphatic heterocycles. The molecule has 0 bridgehead atoms. The van der Waals surface area contributed by atoms with Gasteiger partial charge in [-0.2, -0.15) is 0 Å². The lowest BCUT2D eigenvalue weighted by molar-refractivity contribution is 0.121. The minimum absolute atomic E-state index is 0.00153. The van der Waals surface area contributed by atoms with Crippen LogP contribution in [0.5, 0.6) is 5.75 Å². The van der Waals surface area contributed by atoms with E-state index in [0.717, 1.165) is 25.0 Å². The Labute approximate surface area is 90.9 Å². The van der Waals surface area contributed by atoms with E-state index >= 15 is 0 Å². The highest BCUT2D eigenvalue weighted by Crippen LogP contribution is 2.12. The number of hydrogen-bond acceptors (Lipinski definition) is 3. The summed E-state index contributed by atoms with van der Waals surface area (Å²) in [5, 5.41) is 9.27. The third-order valence-electron chi connectivity index (χ3n) is 2.09. The maximum Gasteiger partial charge on any atom is 0.115 e. The first kappa shape index (κ1) is 12.0. The van der Waals surface area contributed by atoms with Crippen LogP contribution in [0.4, 0.5) is 0 Å². The summed E-state index contributed by atoms with van der Waals surface area (Å²) in [5.41, 5.74) is 6.93. The van der Waals surface area contributed by atoms with E-state index in [2.05, 4.69) is 6.92 Å². The molecule has 3 N–H and O–H groups in total. The second-order valence-corrected chi connectivity index (χ2v) is 3.71. The normalized spacial score (nSPS) is 12.7. The molecule has 0 radical (unpaired) electrons. The van der Waals surface area contributed by atoms with E-state index in [0.29, 0.717) is 6.61 Å². The Bertz CT molecular complexity index is 289. The predicted octanol–water partition coefficient (Wildman–Crippen LogP) is 1.69. The molecular formula is C12H19NO2. The first-order valence-corrected chi connectivity index (χ1v) is 5.33. The van der Waals surface area contributed by atoms with Crippen LogP contribution in [0.2, 0.25) is 0 Å². The largest absolute Gasteiger partial charge is 0.508 e. The fourth-order valence-corrected chi connectivity index (χ4v) is 1.42. The zero-order valence-electron chi connectivity index (χ0n) is 9.15. The lowest BCUT2D eigenvalue weighted by Crippen LogP contribution is -2.28. The van der Waals surface area contributed by atoms with Gasteiger partial charge in [-0.15, -0.1) is 0 Å². The van der Waals surface area contributed by atoms with Gasteiger partial charge in [0, 0.05) is 12.6 Å². The van der Waals surface area contributed by atoms with Gasteiger partial charge in [0.25, 0.3) is 0 Å². The van der Waals surface area contributed by atoms with E-state index < -0.39 is 0 Å². The molecular weight excluding hydrogens is 190 g/mol. The molecule has 1 rings (SSSR count). The van der Waals surface area contributed by atoms with Crippen LogP contribution in [0.25, 0.3) is 0 Å². The quantitative estimate of drug-likeness (QED) is 0.701. The maximum absolute atomic E-state index is 9.27. The van der Waals surface area contributed by atoms with Crippen molar-refractivity contribution in [1.29, 1.82) is 0 Å². The number of phenols is 1. The van der Waals surface area contributed by atoms with Gasteiger partial charge in [0.15, 0.2) is 0 Å². The van der Waals surface area contributed by atoms with Gasteiger partial charge >= 0.3 is 0 Å². The van der Waals surface area contributed by atoms with Crippen LogP contribution in [-0.4, -0.2) is 24.4 Å². The Morgan fingerprint density at radius 3 is 2.93 bits per heavy atom. The van der Waals surface area contributed by atoms with Crippen molar-refractivity contribution in [2.75, 3.05) is 13.2 Å². The van der Waals surface area contributed by atoms with Crippen molar-refractivity contribution in [3.63, 3.8) is 0 Å². The number of ether oxygens (including phenoxy) is 1. The van der Waals surface area contributed by atoms with Crippen molar-refractivity contribution in [1.82, 2.24) is 0 Å². The van der Waals surface area contributed by atoms with Crippen LogP contribution in [-0.2, 0) is 11.2 Å². The molecule has 0 saturated heterocycles. The fourth-order valence-electron chi connectivity index (χ4n) is 1.42. The Morgan fingerprint density at radius 1 is 1.47 bits per heavy atom. The molecule has 0 aromatic heterocycles. The Balaban J connectivity index is 2.34. The summed E-state index contributed by atoms with van der Waals surface area (Å²) in [4.78, 5) is 0. The molecule has 84 valence electrons.